The summed E-state index contributed by atoms with van der Waals surface area (Å²) in [6.07, 6.45) is 9.76. The Balaban J connectivity index is 0.00000289. The van der Waals surface area contributed by atoms with Crippen LogP contribution in [-0.2, 0) is 32.7 Å². The summed E-state index contributed by atoms with van der Waals surface area (Å²) >= 11 is 0. The van der Waals surface area contributed by atoms with Crippen LogP contribution in [0.5, 0.6) is 0 Å². The first-order valence-corrected chi connectivity index (χ1v) is 7.58. The summed E-state index contributed by atoms with van der Waals surface area (Å²) in [5.41, 5.74) is 1.04. The molecule has 1 saturated carbocycles. The van der Waals surface area contributed by atoms with Crippen molar-refractivity contribution in [2.75, 3.05) is 0 Å². The van der Waals surface area contributed by atoms with Crippen molar-refractivity contribution in [1.82, 2.24) is 0 Å². The minimum absolute atomic E-state index is 0. The summed E-state index contributed by atoms with van der Waals surface area (Å²) in [5.74, 6) is 2.70. The molecule has 105 valence electrons. The largest absolute Gasteiger partial charge is 0.308 e. The van der Waals surface area contributed by atoms with Crippen molar-refractivity contribution < 1.29 is 32.7 Å². The van der Waals surface area contributed by atoms with Gasteiger partial charge in [0, 0.05) is 32.7 Å². The van der Waals surface area contributed by atoms with Crippen molar-refractivity contribution in [3.63, 3.8) is 0 Å². The fraction of sp³-hybridized carbons (Fsp3) is 0.941. The van der Waals surface area contributed by atoms with E-state index in [1.807, 2.05) is 5.92 Å². The molecule has 0 unspecified atom stereocenters. The van der Waals surface area contributed by atoms with Crippen LogP contribution in [0.1, 0.15) is 86.5 Å². The molecule has 1 rings (SSSR count). The van der Waals surface area contributed by atoms with E-state index in [0.29, 0.717) is 10.8 Å². The molecule has 18 heavy (non-hydrogen) atoms. The van der Waals surface area contributed by atoms with Gasteiger partial charge >= 0.3 is 0 Å². The molecule has 0 amide bonds. The predicted octanol–water partition coefficient (Wildman–Crippen LogP) is 6.01. The topological polar surface area (TPSA) is 0 Å². The van der Waals surface area contributed by atoms with Gasteiger partial charge in [0.2, 0.25) is 0 Å². The van der Waals surface area contributed by atoms with E-state index in [2.05, 4.69) is 41.5 Å². The van der Waals surface area contributed by atoms with Gasteiger partial charge in [-0.05, 0) is 5.92 Å². The monoisotopic (exact) mass is 326 g/mol. The van der Waals surface area contributed by atoms with Gasteiger partial charge in [0.15, 0.2) is 0 Å². The van der Waals surface area contributed by atoms with Gasteiger partial charge < -0.3 is 5.92 Å². The van der Waals surface area contributed by atoms with Crippen molar-refractivity contribution in [1.29, 1.82) is 0 Å². The predicted molar refractivity (Wildman–Crippen MR) is 78.0 cm³/mol. The third-order valence-electron chi connectivity index (χ3n) is 4.56. The van der Waals surface area contributed by atoms with Crippen LogP contribution in [0.15, 0.2) is 0 Å². The molecule has 0 saturated heterocycles. The Hall–Kier alpha value is 1.10. The van der Waals surface area contributed by atoms with E-state index in [9.17, 15) is 0 Å². The first-order chi connectivity index (χ1) is 7.73. The van der Waals surface area contributed by atoms with Gasteiger partial charge in [-0.25, -0.2) is 0 Å². The maximum atomic E-state index is 2.47. The molecular weight excluding hydrogens is 293 g/mol. The van der Waals surface area contributed by atoms with Gasteiger partial charge in [-0.2, -0.15) is 18.3 Å². The van der Waals surface area contributed by atoms with Crippen LogP contribution in [0.25, 0.3) is 0 Å². The zero-order chi connectivity index (χ0) is 13.1. The molecule has 1 aliphatic carbocycles. The first kappa shape index (κ1) is 19.1. The summed E-state index contributed by atoms with van der Waals surface area (Å²) < 4.78 is 0. The van der Waals surface area contributed by atoms with Crippen LogP contribution in [-0.4, -0.2) is 0 Å². The molecule has 0 bridgehead atoms. The van der Waals surface area contributed by atoms with Gasteiger partial charge in [-0.15, -0.1) is 0 Å². The fourth-order valence-electron chi connectivity index (χ4n) is 3.24. The maximum absolute atomic E-state index is 2.47. The standard InChI is InChI=1S/C17H33.Y/c1-14(2)9-7-11-16(3,4)13-15-10-8-12-17(15,5)6;/h14H,7-13H2,1-6H3;/q-1;. The fourth-order valence-corrected chi connectivity index (χ4v) is 3.24. The SMILES string of the molecule is CC(C)CCCC(C)(C)C[C-]1CCCC1(C)C.[Y]. The molecule has 0 aromatic heterocycles. The average Bonchev–Trinajstić information content (AvgIpc) is 2.44. The molecule has 0 atom stereocenters. The summed E-state index contributed by atoms with van der Waals surface area (Å²) in [6.45, 7) is 14.5. The van der Waals surface area contributed by atoms with Crippen molar-refractivity contribution >= 4 is 0 Å². The molecule has 0 spiro atoms. The van der Waals surface area contributed by atoms with Crippen molar-refractivity contribution in [2.24, 2.45) is 16.7 Å². The van der Waals surface area contributed by atoms with Gasteiger partial charge in [-0.3, -0.25) is 0 Å². The zero-order valence-electron chi connectivity index (χ0n) is 13.6. The molecule has 0 aliphatic heterocycles. The molecule has 1 radical (unpaired) electrons. The van der Waals surface area contributed by atoms with Crippen molar-refractivity contribution in [3.05, 3.63) is 5.92 Å². The van der Waals surface area contributed by atoms with E-state index in [4.69, 9.17) is 0 Å². The van der Waals surface area contributed by atoms with Crippen LogP contribution in [0.3, 0.4) is 0 Å². The number of rotatable bonds is 6. The summed E-state index contributed by atoms with van der Waals surface area (Å²) in [4.78, 5) is 0. The van der Waals surface area contributed by atoms with Crippen LogP contribution in [0.4, 0.5) is 0 Å². The molecule has 0 nitrogen and oxygen atoms in total. The Bertz CT molecular complexity index is 228. The molecular formula is C17H33Y-. The molecule has 0 N–H and O–H groups in total. The average molecular weight is 326 g/mol. The first-order valence-electron chi connectivity index (χ1n) is 7.58. The molecule has 1 fully saturated rings. The van der Waals surface area contributed by atoms with Crippen LogP contribution < -0.4 is 0 Å². The van der Waals surface area contributed by atoms with Crippen molar-refractivity contribution in [2.45, 2.75) is 86.5 Å². The van der Waals surface area contributed by atoms with Crippen LogP contribution in [0, 0.1) is 22.7 Å². The molecule has 0 heterocycles. The van der Waals surface area contributed by atoms with Gasteiger partial charge in [0.25, 0.3) is 0 Å². The Morgan fingerprint density at radius 2 is 1.83 bits per heavy atom. The van der Waals surface area contributed by atoms with E-state index in [1.54, 1.807) is 0 Å². The minimum atomic E-state index is 0. The van der Waals surface area contributed by atoms with Gasteiger partial charge in [0.1, 0.15) is 0 Å². The molecule has 1 heteroatoms. The Morgan fingerprint density at radius 1 is 1.22 bits per heavy atom. The van der Waals surface area contributed by atoms with E-state index in [-0.39, 0.29) is 32.7 Å². The maximum Gasteiger partial charge on any atom is 0 e. The summed E-state index contributed by atoms with van der Waals surface area (Å²) in [7, 11) is 0. The summed E-state index contributed by atoms with van der Waals surface area (Å²) in [6, 6.07) is 0. The van der Waals surface area contributed by atoms with Crippen molar-refractivity contribution in [3.8, 4) is 0 Å². The third kappa shape index (κ3) is 6.51. The van der Waals surface area contributed by atoms with Crippen LogP contribution in [0.2, 0.25) is 0 Å². The van der Waals surface area contributed by atoms with E-state index >= 15 is 0 Å². The normalized spacial score (nSPS) is 20.2. The minimum Gasteiger partial charge on any atom is -0.308 e. The van der Waals surface area contributed by atoms with E-state index in [1.165, 1.54) is 44.9 Å². The quantitative estimate of drug-likeness (QED) is 0.524. The third-order valence-corrected chi connectivity index (χ3v) is 4.56. The number of hydrogen-bond donors (Lipinski definition) is 0. The van der Waals surface area contributed by atoms with E-state index in [0.717, 1.165) is 5.92 Å². The molecule has 0 aromatic rings. The van der Waals surface area contributed by atoms with Gasteiger partial charge in [0.05, 0.1) is 0 Å². The second kappa shape index (κ2) is 7.77. The summed E-state index contributed by atoms with van der Waals surface area (Å²) in [5, 5.41) is 0. The number of hydrogen-bond acceptors (Lipinski definition) is 0. The van der Waals surface area contributed by atoms with Crippen LogP contribution >= 0.6 is 0 Å². The Labute approximate surface area is 141 Å². The second-order valence-electron chi connectivity index (χ2n) is 7.97. The van der Waals surface area contributed by atoms with E-state index < -0.39 is 0 Å². The Kier molecular flexibility index (Phi) is 8.25. The van der Waals surface area contributed by atoms with Gasteiger partial charge in [-0.1, -0.05) is 79.1 Å². The second-order valence-corrected chi connectivity index (χ2v) is 7.97. The Morgan fingerprint density at radius 3 is 2.28 bits per heavy atom. The molecule has 0 aromatic carbocycles. The smallest absolute Gasteiger partial charge is 0 e. The zero-order valence-corrected chi connectivity index (χ0v) is 16.4. The molecule has 1 aliphatic rings.